The summed E-state index contributed by atoms with van der Waals surface area (Å²) in [5, 5.41) is 21.6. The topological polar surface area (TPSA) is 110 Å². The second-order valence-electron chi connectivity index (χ2n) is 10.1. The van der Waals surface area contributed by atoms with Crippen LogP contribution in [0.15, 0.2) is 65.7 Å². The number of piperazine rings is 1. The van der Waals surface area contributed by atoms with Gasteiger partial charge in [-0.05, 0) is 54.4 Å². The number of likely N-dealkylation sites (N-methyl/N-ethyl adjacent to an activating group) is 1. The number of benzene rings is 3. The van der Waals surface area contributed by atoms with Gasteiger partial charge in [-0.1, -0.05) is 49.4 Å². The van der Waals surface area contributed by atoms with Crippen LogP contribution in [0.25, 0.3) is 22.2 Å². The number of hydrogen-bond acceptors (Lipinski definition) is 6. The summed E-state index contributed by atoms with van der Waals surface area (Å²) in [6.45, 7) is 8.05. The van der Waals surface area contributed by atoms with Crippen LogP contribution in [0.5, 0.6) is 0 Å². The number of amidine groups is 1. The zero-order chi connectivity index (χ0) is 28.2. The fraction of sp³-hybridized carbons (Fsp3) is 0.290. The fourth-order valence-corrected chi connectivity index (χ4v) is 5.21. The number of rotatable bonds is 7. The van der Waals surface area contributed by atoms with Crippen LogP contribution in [0.1, 0.15) is 39.8 Å². The van der Waals surface area contributed by atoms with E-state index in [2.05, 4.69) is 38.9 Å². The molecule has 0 radical (unpaired) electrons. The molecule has 1 aliphatic heterocycles. The van der Waals surface area contributed by atoms with Crippen LogP contribution in [-0.4, -0.2) is 69.6 Å². The van der Waals surface area contributed by atoms with Gasteiger partial charge in [-0.15, -0.1) is 0 Å². The molecule has 204 valence electrons. The highest BCUT2D eigenvalue weighted by atomic mass is 16.4. The molecule has 0 amide bonds. The molecule has 4 aromatic rings. The van der Waals surface area contributed by atoms with Crippen LogP contribution in [0.4, 0.5) is 0 Å². The molecule has 1 aromatic heterocycles. The van der Waals surface area contributed by atoms with Gasteiger partial charge in [0.2, 0.25) is 6.19 Å². The van der Waals surface area contributed by atoms with Crippen molar-refractivity contribution in [3.05, 3.63) is 88.7 Å². The van der Waals surface area contributed by atoms with Crippen LogP contribution in [0.2, 0.25) is 0 Å². The maximum absolute atomic E-state index is 12.2. The second-order valence-corrected chi connectivity index (χ2v) is 10.1. The lowest BCUT2D eigenvalue weighted by Gasteiger charge is -2.33. The highest BCUT2D eigenvalue weighted by Gasteiger charge is 2.20. The summed E-state index contributed by atoms with van der Waals surface area (Å²) in [7, 11) is 2.10. The molecule has 0 atom stereocenters. The third kappa shape index (κ3) is 5.59. The van der Waals surface area contributed by atoms with Crippen molar-refractivity contribution in [2.45, 2.75) is 26.8 Å². The summed E-state index contributed by atoms with van der Waals surface area (Å²) in [5.74, 6) is 0.450. The molecular formula is C31H33N7O2. The van der Waals surface area contributed by atoms with Crippen LogP contribution < -0.4 is 5.43 Å². The lowest BCUT2D eigenvalue weighted by molar-refractivity contribution is 0.0697. The van der Waals surface area contributed by atoms with Crippen molar-refractivity contribution in [2.75, 3.05) is 33.2 Å². The number of aliphatic imine (C=N–C) groups is 1. The van der Waals surface area contributed by atoms with Crippen molar-refractivity contribution in [1.29, 1.82) is 5.26 Å². The van der Waals surface area contributed by atoms with E-state index in [1.807, 2.05) is 67.7 Å². The third-order valence-corrected chi connectivity index (χ3v) is 7.38. The number of hydrogen-bond donors (Lipinski definition) is 2. The van der Waals surface area contributed by atoms with Crippen molar-refractivity contribution in [3.63, 3.8) is 0 Å². The van der Waals surface area contributed by atoms with Gasteiger partial charge in [-0.2, -0.15) is 10.3 Å². The number of aryl methyl sites for hydroxylation is 2. The molecule has 2 N–H and O–H groups in total. The van der Waals surface area contributed by atoms with Crippen LogP contribution in [0, 0.1) is 18.4 Å². The standard InChI is InChI=1S/C31H33N7O2/c1-4-28-34-29-21(2)16-24(30(33-20-32)35-37-14-12-36(3)13-15-37)18-27(29)38(28)19-22-10-11-25(26(17-22)31(39)40)23-8-6-5-7-9-23/h5-11,16-18H,4,12-15,19H2,1-3H3,(H,33,35)(H,39,40). The number of nitrogens with one attached hydrogen (secondary N) is 1. The van der Waals surface area contributed by atoms with Gasteiger partial charge >= 0.3 is 5.97 Å². The summed E-state index contributed by atoms with van der Waals surface area (Å²) < 4.78 is 2.13. The highest BCUT2D eigenvalue weighted by Crippen LogP contribution is 2.28. The predicted octanol–water partition coefficient (Wildman–Crippen LogP) is 4.30. The van der Waals surface area contributed by atoms with E-state index in [1.165, 1.54) is 0 Å². The van der Waals surface area contributed by atoms with E-state index in [4.69, 9.17) is 4.98 Å². The predicted molar refractivity (Wildman–Crippen MR) is 156 cm³/mol. The zero-order valence-corrected chi connectivity index (χ0v) is 23.1. The summed E-state index contributed by atoms with van der Waals surface area (Å²) in [4.78, 5) is 23.5. The van der Waals surface area contributed by atoms with Crippen molar-refractivity contribution in [1.82, 2.24) is 24.9 Å². The number of aromatic carboxylic acids is 1. The average Bonchev–Trinajstić information content (AvgIpc) is 3.32. The van der Waals surface area contributed by atoms with Crippen LogP contribution in [0.3, 0.4) is 0 Å². The summed E-state index contributed by atoms with van der Waals surface area (Å²) in [6, 6.07) is 19.2. The summed E-state index contributed by atoms with van der Waals surface area (Å²) in [6.07, 6.45) is 2.67. The van der Waals surface area contributed by atoms with Gasteiger partial charge < -0.3 is 20.0 Å². The number of nitriles is 1. The molecule has 5 rings (SSSR count). The number of hydrazine groups is 1. The Morgan fingerprint density at radius 2 is 1.85 bits per heavy atom. The first-order valence-corrected chi connectivity index (χ1v) is 13.5. The first kappa shape index (κ1) is 27.1. The molecule has 1 saturated heterocycles. The summed E-state index contributed by atoms with van der Waals surface area (Å²) in [5.41, 5.74) is 9.64. The van der Waals surface area contributed by atoms with E-state index >= 15 is 0 Å². The number of carboxylic acid groups (broad SMARTS) is 1. The SMILES string of the molecule is CCc1nc2c(C)cc(C(=NC#N)NN3CCN(C)CC3)cc2n1Cc1ccc(-c2ccccc2)c(C(=O)O)c1. The minimum absolute atomic E-state index is 0.267. The van der Waals surface area contributed by atoms with Gasteiger partial charge in [0, 0.05) is 44.7 Å². The smallest absolute Gasteiger partial charge is 0.336 e. The van der Waals surface area contributed by atoms with Gasteiger partial charge in [-0.3, -0.25) is 0 Å². The van der Waals surface area contributed by atoms with Gasteiger partial charge in [0.05, 0.1) is 16.6 Å². The molecule has 9 nitrogen and oxygen atoms in total. The second kappa shape index (κ2) is 11.7. The fourth-order valence-electron chi connectivity index (χ4n) is 5.21. The first-order chi connectivity index (χ1) is 19.4. The maximum Gasteiger partial charge on any atom is 0.336 e. The number of imidazole rings is 1. The molecule has 40 heavy (non-hydrogen) atoms. The molecule has 3 aromatic carbocycles. The Bertz CT molecular complexity index is 1610. The lowest BCUT2D eigenvalue weighted by atomic mass is 9.97. The Hall–Kier alpha value is -4.52. The first-order valence-electron chi connectivity index (χ1n) is 13.5. The molecule has 0 bridgehead atoms. The number of fused-ring (bicyclic) bond motifs is 1. The van der Waals surface area contributed by atoms with E-state index < -0.39 is 5.97 Å². The Kier molecular flexibility index (Phi) is 7.91. The largest absolute Gasteiger partial charge is 0.478 e. The van der Waals surface area contributed by atoms with Crippen molar-refractivity contribution in [3.8, 4) is 17.3 Å². The lowest BCUT2D eigenvalue weighted by Crippen LogP contribution is -2.52. The molecule has 9 heteroatoms. The number of carboxylic acids is 1. The van der Waals surface area contributed by atoms with Crippen LogP contribution in [-0.2, 0) is 13.0 Å². The Balaban J connectivity index is 1.53. The molecule has 1 fully saturated rings. The van der Waals surface area contributed by atoms with Crippen molar-refractivity contribution < 1.29 is 9.90 Å². The normalized spacial score (nSPS) is 14.8. The maximum atomic E-state index is 12.2. The Labute approximate surface area is 234 Å². The number of aromatic nitrogens is 2. The highest BCUT2D eigenvalue weighted by molar-refractivity contribution is 6.02. The molecule has 1 aliphatic rings. The molecule has 0 saturated carbocycles. The quantitative estimate of drug-likeness (QED) is 0.206. The van der Waals surface area contributed by atoms with Crippen LogP contribution >= 0.6 is 0 Å². The number of nitrogens with zero attached hydrogens (tertiary/aromatic N) is 6. The summed E-state index contributed by atoms with van der Waals surface area (Å²) >= 11 is 0. The minimum atomic E-state index is -0.961. The van der Waals surface area contributed by atoms with Gasteiger partial charge in [0.25, 0.3) is 0 Å². The van der Waals surface area contributed by atoms with E-state index in [9.17, 15) is 15.2 Å². The molecule has 0 spiro atoms. The molecular weight excluding hydrogens is 502 g/mol. The van der Waals surface area contributed by atoms with Gasteiger partial charge in [0.15, 0.2) is 5.84 Å². The zero-order valence-electron chi connectivity index (χ0n) is 23.1. The van der Waals surface area contributed by atoms with E-state index in [1.54, 1.807) is 6.07 Å². The molecule has 2 heterocycles. The Morgan fingerprint density at radius 1 is 1.10 bits per heavy atom. The monoisotopic (exact) mass is 535 g/mol. The number of carbonyl (C=O) groups is 1. The van der Waals surface area contributed by atoms with E-state index in [-0.39, 0.29) is 5.56 Å². The van der Waals surface area contributed by atoms with Gasteiger partial charge in [-0.25, -0.2) is 14.8 Å². The van der Waals surface area contributed by atoms with E-state index in [0.717, 1.165) is 71.7 Å². The molecule has 0 aliphatic carbocycles. The average molecular weight is 536 g/mol. The van der Waals surface area contributed by atoms with E-state index in [0.29, 0.717) is 17.9 Å². The Morgan fingerprint density at radius 3 is 2.52 bits per heavy atom. The van der Waals surface area contributed by atoms with Crippen molar-refractivity contribution >= 4 is 22.8 Å². The molecule has 0 unspecified atom stereocenters. The van der Waals surface area contributed by atoms with Crippen molar-refractivity contribution in [2.24, 2.45) is 4.99 Å². The third-order valence-electron chi connectivity index (χ3n) is 7.38. The minimum Gasteiger partial charge on any atom is -0.478 e. The van der Waals surface area contributed by atoms with Gasteiger partial charge in [0.1, 0.15) is 5.82 Å².